The molecule has 0 atom stereocenters. The fourth-order valence-corrected chi connectivity index (χ4v) is 2.06. The van der Waals surface area contributed by atoms with Gasteiger partial charge in [0.1, 0.15) is 5.82 Å². The molecule has 1 aromatic heterocycles. The lowest BCUT2D eigenvalue weighted by atomic mass is 10.1. The van der Waals surface area contributed by atoms with E-state index in [-0.39, 0.29) is 5.91 Å². The first kappa shape index (κ1) is 14.3. The van der Waals surface area contributed by atoms with E-state index in [2.05, 4.69) is 15.6 Å². The average molecular weight is 272 g/mol. The van der Waals surface area contributed by atoms with Crippen molar-refractivity contribution in [3.8, 4) is 0 Å². The molecule has 0 aliphatic rings. The van der Waals surface area contributed by atoms with Gasteiger partial charge >= 0.3 is 0 Å². The van der Waals surface area contributed by atoms with Gasteiger partial charge in [-0.2, -0.15) is 0 Å². The third kappa shape index (κ3) is 3.05. The maximum atomic E-state index is 12.2. The minimum atomic E-state index is -0.0850. The molecule has 5 heteroatoms. The number of nitrogens with zero attached hydrogens (tertiary/aromatic N) is 2. The van der Waals surface area contributed by atoms with Crippen molar-refractivity contribution in [3.63, 3.8) is 0 Å². The molecule has 0 saturated heterocycles. The van der Waals surface area contributed by atoms with E-state index in [1.165, 1.54) is 0 Å². The summed E-state index contributed by atoms with van der Waals surface area (Å²) >= 11 is 0. The first-order chi connectivity index (χ1) is 9.63. The molecule has 0 radical (unpaired) electrons. The molecule has 0 aliphatic carbocycles. The number of rotatable bonds is 5. The van der Waals surface area contributed by atoms with Crippen LogP contribution in [0, 0.1) is 0 Å². The molecule has 5 nitrogen and oxygen atoms in total. The lowest BCUT2D eigenvalue weighted by molar-refractivity contribution is 0.0952. The monoisotopic (exact) mass is 272 g/mol. The number of likely N-dealkylation sites (N-methyl/N-ethyl adjacent to an activating group) is 1. The van der Waals surface area contributed by atoms with E-state index >= 15 is 0 Å². The fourth-order valence-electron chi connectivity index (χ4n) is 2.06. The summed E-state index contributed by atoms with van der Waals surface area (Å²) in [5, 5.41) is 7.83. The van der Waals surface area contributed by atoms with Crippen LogP contribution in [0.15, 0.2) is 30.5 Å². The summed E-state index contributed by atoms with van der Waals surface area (Å²) in [6, 6.07) is 7.78. The van der Waals surface area contributed by atoms with E-state index in [0.717, 1.165) is 23.1 Å². The second kappa shape index (κ2) is 6.34. The van der Waals surface area contributed by atoms with Gasteiger partial charge in [-0.25, -0.2) is 4.98 Å². The maximum absolute atomic E-state index is 12.2. The number of benzene rings is 1. The second-order valence-corrected chi connectivity index (χ2v) is 4.88. The number of hydrogen-bond acceptors (Lipinski definition) is 4. The van der Waals surface area contributed by atoms with Crippen molar-refractivity contribution < 1.29 is 4.79 Å². The van der Waals surface area contributed by atoms with Crippen LogP contribution in [0.5, 0.6) is 0 Å². The number of anilines is 1. The Labute approximate surface area is 119 Å². The number of carbonyl (C=O) groups excluding carboxylic acids is 1. The van der Waals surface area contributed by atoms with Crippen molar-refractivity contribution in [3.05, 3.63) is 36.0 Å². The van der Waals surface area contributed by atoms with Crippen LogP contribution in [0.1, 0.15) is 10.4 Å². The molecule has 0 spiro atoms. The predicted molar refractivity (Wildman–Crippen MR) is 82.2 cm³/mol. The van der Waals surface area contributed by atoms with Crippen LogP contribution in [-0.2, 0) is 0 Å². The Morgan fingerprint density at radius 2 is 1.95 bits per heavy atom. The topological polar surface area (TPSA) is 57.3 Å². The van der Waals surface area contributed by atoms with Crippen molar-refractivity contribution in [2.75, 3.05) is 39.5 Å². The standard InChI is InChI=1S/C15H20N4O/c1-16-14-12-7-5-4-6-11(12)13(10-18-14)15(20)17-8-9-19(2)3/h4-7,10H,8-9H2,1-3H3,(H,16,18)(H,17,20). The van der Waals surface area contributed by atoms with E-state index in [0.29, 0.717) is 12.1 Å². The lowest BCUT2D eigenvalue weighted by Crippen LogP contribution is -2.31. The van der Waals surface area contributed by atoms with Gasteiger partial charge in [0.05, 0.1) is 5.56 Å². The molecular weight excluding hydrogens is 252 g/mol. The number of carbonyl (C=O) groups is 1. The molecule has 1 heterocycles. The van der Waals surface area contributed by atoms with Crippen LogP contribution in [0.4, 0.5) is 5.82 Å². The van der Waals surface area contributed by atoms with Crippen molar-refractivity contribution in [1.82, 2.24) is 15.2 Å². The smallest absolute Gasteiger partial charge is 0.253 e. The van der Waals surface area contributed by atoms with Gasteiger partial charge in [-0.3, -0.25) is 4.79 Å². The number of aromatic nitrogens is 1. The Balaban J connectivity index is 2.28. The number of fused-ring (bicyclic) bond motifs is 1. The van der Waals surface area contributed by atoms with E-state index < -0.39 is 0 Å². The molecule has 0 unspecified atom stereocenters. The Bertz CT molecular complexity index is 610. The van der Waals surface area contributed by atoms with Gasteiger partial charge in [0.2, 0.25) is 0 Å². The molecule has 0 bridgehead atoms. The number of amides is 1. The summed E-state index contributed by atoms with van der Waals surface area (Å²) in [4.78, 5) is 18.6. The molecule has 106 valence electrons. The zero-order valence-corrected chi connectivity index (χ0v) is 12.1. The quantitative estimate of drug-likeness (QED) is 0.867. The summed E-state index contributed by atoms with van der Waals surface area (Å²) in [5.41, 5.74) is 0.610. The normalized spacial score (nSPS) is 10.8. The first-order valence-corrected chi connectivity index (χ1v) is 6.62. The lowest BCUT2D eigenvalue weighted by Gasteiger charge is -2.12. The summed E-state index contributed by atoms with van der Waals surface area (Å²) in [6.45, 7) is 1.43. The van der Waals surface area contributed by atoms with Crippen LogP contribution >= 0.6 is 0 Å². The van der Waals surface area contributed by atoms with E-state index in [1.54, 1.807) is 6.20 Å². The van der Waals surface area contributed by atoms with Crippen LogP contribution in [0.2, 0.25) is 0 Å². The van der Waals surface area contributed by atoms with Crippen LogP contribution in [0.25, 0.3) is 10.8 Å². The molecule has 20 heavy (non-hydrogen) atoms. The summed E-state index contributed by atoms with van der Waals surface area (Å²) in [7, 11) is 5.78. The van der Waals surface area contributed by atoms with Crippen molar-refractivity contribution in [1.29, 1.82) is 0 Å². The van der Waals surface area contributed by atoms with Gasteiger partial charge in [-0.15, -0.1) is 0 Å². The summed E-state index contributed by atoms with van der Waals surface area (Å²) < 4.78 is 0. The third-order valence-corrected chi connectivity index (χ3v) is 3.12. The largest absolute Gasteiger partial charge is 0.373 e. The first-order valence-electron chi connectivity index (χ1n) is 6.62. The molecule has 2 rings (SSSR count). The number of pyridine rings is 1. The highest BCUT2D eigenvalue weighted by atomic mass is 16.1. The summed E-state index contributed by atoms with van der Waals surface area (Å²) in [6.07, 6.45) is 1.62. The molecule has 1 aromatic carbocycles. The molecular formula is C15H20N4O. The van der Waals surface area contributed by atoms with Crippen molar-refractivity contribution in [2.24, 2.45) is 0 Å². The van der Waals surface area contributed by atoms with Crippen LogP contribution in [0.3, 0.4) is 0 Å². The third-order valence-electron chi connectivity index (χ3n) is 3.12. The van der Waals surface area contributed by atoms with E-state index in [1.807, 2.05) is 50.3 Å². The summed E-state index contributed by atoms with van der Waals surface area (Å²) in [5.74, 6) is 0.698. The number of hydrogen-bond donors (Lipinski definition) is 2. The zero-order valence-electron chi connectivity index (χ0n) is 12.1. The second-order valence-electron chi connectivity index (χ2n) is 4.88. The van der Waals surface area contributed by atoms with Gasteiger partial charge in [-0.05, 0) is 19.5 Å². The SMILES string of the molecule is CNc1ncc(C(=O)NCCN(C)C)c2ccccc12. The van der Waals surface area contributed by atoms with Crippen molar-refractivity contribution >= 4 is 22.5 Å². The Kier molecular flexibility index (Phi) is 4.53. The van der Waals surface area contributed by atoms with Gasteiger partial charge in [0.15, 0.2) is 0 Å². The van der Waals surface area contributed by atoms with E-state index in [4.69, 9.17) is 0 Å². The highest BCUT2D eigenvalue weighted by Crippen LogP contribution is 2.23. The fraction of sp³-hybridized carbons (Fsp3) is 0.333. The maximum Gasteiger partial charge on any atom is 0.253 e. The van der Waals surface area contributed by atoms with Crippen LogP contribution < -0.4 is 10.6 Å². The Morgan fingerprint density at radius 1 is 1.25 bits per heavy atom. The molecule has 1 amide bonds. The molecule has 0 fully saturated rings. The Morgan fingerprint density at radius 3 is 2.60 bits per heavy atom. The average Bonchev–Trinajstić information content (AvgIpc) is 2.45. The Hall–Kier alpha value is -2.14. The van der Waals surface area contributed by atoms with Crippen molar-refractivity contribution in [2.45, 2.75) is 0 Å². The van der Waals surface area contributed by atoms with Gasteiger partial charge in [0, 0.05) is 31.7 Å². The highest BCUT2D eigenvalue weighted by molar-refractivity contribution is 6.09. The molecule has 0 saturated carbocycles. The van der Waals surface area contributed by atoms with E-state index in [9.17, 15) is 4.79 Å². The van der Waals surface area contributed by atoms with Gasteiger partial charge in [0.25, 0.3) is 5.91 Å². The van der Waals surface area contributed by atoms with Gasteiger partial charge in [-0.1, -0.05) is 24.3 Å². The minimum Gasteiger partial charge on any atom is -0.373 e. The van der Waals surface area contributed by atoms with Gasteiger partial charge < -0.3 is 15.5 Å². The molecule has 0 aliphatic heterocycles. The number of nitrogens with one attached hydrogen (secondary N) is 2. The predicted octanol–water partition coefficient (Wildman–Crippen LogP) is 1.57. The van der Waals surface area contributed by atoms with Crippen LogP contribution in [-0.4, -0.2) is 50.0 Å². The zero-order chi connectivity index (χ0) is 14.5. The molecule has 2 N–H and O–H groups in total. The highest BCUT2D eigenvalue weighted by Gasteiger charge is 2.12. The minimum absolute atomic E-state index is 0.0850. The molecule has 2 aromatic rings.